The normalized spacial score (nSPS) is 13.6. The van der Waals surface area contributed by atoms with Crippen LogP contribution in [0.1, 0.15) is 22.0 Å². The van der Waals surface area contributed by atoms with Gasteiger partial charge in [0.2, 0.25) is 22.7 Å². The summed E-state index contributed by atoms with van der Waals surface area (Å²) < 4.78 is 54.7. The minimum Gasteiger partial charge on any atom is -0.422 e. The summed E-state index contributed by atoms with van der Waals surface area (Å²) in [4.78, 5) is 4.36. The first-order valence-electron chi connectivity index (χ1n) is 6.69. The average Bonchev–Trinajstić information content (AvgIpc) is 3.10. The van der Waals surface area contributed by atoms with Crippen LogP contribution in [0.5, 0.6) is 0 Å². The smallest absolute Gasteiger partial charge is 0.241 e. The second-order valence-corrected chi connectivity index (χ2v) is 9.94. The highest BCUT2D eigenvalue weighted by Gasteiger charge is 2.33. The molecule has 0 saturated heterocycles. The average molecular weight is 467 g/mol. The Labute approximate surface area is 156 Å². The lowest BCUT2D eigenvalue weighted by Crippen LogP contribution is -2.13. The van der Waals surface area contributed by atoms with Crippen molar-refractivity contribution in [3.8, 4) is 0 Å². The highest BCUT2D eigenvalue weighted by Crippen LogP contribution is 2.35. The molecule has 9 nitrogen and oxygen atoms in total. The lowest BCUT2D eigenvalue weighted by Gasteiger charge is -2.07. The summed E-state index contributed by atoms with van der Waals surface area (Å²) in [6.07, 6.45) is 1.05. The molecule has 0 radical (unpaired) electrons. The van der Waals surface area contributed by atoms with Crippen LogP contribution in [0.2, 0.25) is 0 Å². The van der Waals surface area contributed by atoms with Crippen LogP contribution in [0.4, 0.5) is 0 Å². The topological polar surface area (TPSA) is 132 Å². The van der Waals surface area contributed by atoms with E-state index in [1.807, 2.05) is 12.1 Å². The minimum atomic E-state index is -3.65. The van der Waals surface area contributed by atoms with Gasteiger partial charge in [0.05, 0.1) is 16.8 Å². The van der Waals surface area contributed by atoms with Crippen molar-refractivity contribution in [2.45, 2.75) is 11.8 Å². The zero-order chi connectivity index (χ0) is 18.2. The molecule has 13 heteroatoms. The summed E-state index contributed by atoms with van der Waals surface area (Å²) in [6.45, 7) is -0.213. The number of fused-ring (bicyclic) bond motifs is 1. The van der Waals surface area contributed by atoms with Crippen molar-refractivity contribution in [3.63, 3.8) is 0 Å². The van der Waals surface area contributed by atoms with Crippen LogP contribution >= 0.6 is 27.3 Å². The maximum absolute atomic E-state index is 12.3. The van der Waals surface area contributed by atoms with Gasteiger partial charge in [-0.25, -0.2) is 26.5 Å². The van der Waals surface area contributed by atoms with Crippen molar-refractivity contribution < 1.29 is 21.3 Å². The molecule has 0 amide bonds. The number of halogens is 1. The molecule has 0 spiro atoms. The Kier molecular flexibility index (Phi) is 5.20. The van der Waals surface area contributed by atoms with Crippen LogP contribution in [0, 0.1) is 0 Å². The van der Waals surface area contributed by atoms with Crippen LogP contribution in [0.25, 0.3) is 10.2 Å². The number of rotatable bonds is 6. The van der Waals surface area contributed by atoms with Gasteiger partial charge in [-0.2, -0.15) is 0 Å². The molecule has 1 N–H and O–H groups in total. The Hall–Kier alpha value is -1.41. The van der Waals surface area contributed by atoms with Gasteiger partial charge in [0.1, 0.15) is 5.01 Å². The molecule has 2 heterocycles. The van der Waals surface area contributed by atoms with Crippen molar-refractivity contribution in [2.75, 3.05) is 6.26 Å². The fraction of sp³-hybridized carbons (Fsp3) is 0.250. The predicted octanol–water partition coefficient (Wildman–Crippen LogP) is 1.19. The standard InChI is InChI=1S/C12H11BrN4O5S3/c1-25(20,21)10(11-17-16-9(22-11)5-14-24(18)19)12-15-7-3-2-6(13)4-8(7)23-12/h2-4,10,24H,5H2,1H3,(H,14,18,19). The number of benzene rings is 1. The fourth-order valence-corrected chi connectivity index (χ4v) is 5.38. The molecule has 0 saturated carbocycles. The molecule has 1 unspecified atom stereocenters. The molecule has 0 aliphatic rings. The number of nitrogens with one attached hydrogen (secondary N) is 1. The lowest BCUT2D eigenvalue weighted by atomic mass is 10.3. The van der Waals surface area contributed by atoms with Crippen LogP contribution < -0.4 is 4.72 Å². The maximum Gasteiger partial charge on any atom is 0.241 e. The minimum absolute atomic E-state index is 0.0355. The van der Waals surface area contributed by atoms with E-state index in [0.29, 0.717) is 10.5 Å². The van der Waals surface area contributed by atoms with Gasteiger partial charge in [0.25, 0.3) is 0 Å². The van der Waals surface area contributed by atoms with E-state index >= 15 is 0 Å². The first-order chi connectivity index (χ1) is 11.7. The molecular formula is C12H11BrN4O5S3. The van der Waals surface area contributed by atoms with E-state index in [2.05, 4.69) is 35.8 Å². The van der Waals surface area contributed by atoms with E-state index < -0.39 is 26.0 Å². The monoisotopic (exact) mass is 466 g/mol. The van der Waals surface area contributed by atoms with E-state index in [0.717, 1.165) is 15.4 Å². The molecule has 0 aliphatic heterocycles. The van der Waals surface area contributed by atoms with Gasteiger partial charge < -0.3 is 4.42 Å². The molecule has 0 bridgehead atoms. The summed E-state index contributed by atoms with van der Waals surface area (Å²) in [5.41, 5.74) is 0.654. The second-order valence-electron chi connectivity index (χ2n) is 5.00. The molecule has 134 valence electrons. The number of hydrogen-bond donors (Lipinski definition) is 2. The van der Waals surface area contributed by atoms with Crippen molar-refractivity contribution in [2.24, 2.45) is 0 Å². The molecule has 1 aromatic carbocycles. The summed E-state index contributed by atoms with van der Waals surface area (Å²) in [6, 6.07) is 5.42. The summed E-state index contributed by atoms with van der Waals surface area (Å²) in [5, 5.41) is 6.51. The predicted molar refractivity (Wildman–Crippen MR) is 95.5 cm³/mol. The maximum atomic E-state index is 12.3. The fourth-order valence-electron chi connectivity index (χ4n) is 2.08. The number of nitrogens with zero attached hydrogens (tertiary/aromatic N) is 3. The largest absolute Gasteiger partial charge is 0.422 e. The van der Waals surface area contributed by atoms with Crippen LogP contribution in [-0.2, 0) is 27.3 Å². The Morgan fingerprint density at radius 1 is 1.36 bits per heavy atom. The van der Waals surface area contributed by atoms with E-state index in [1.54, 1.807) is 6.07 Å². The molecule has 2 aromatic heterocycles. The Balaban J connectivity index is 2.02. The third kappa shape index (κ3) is 4.23. The number of hydrogen-bond acceptors (Lipinski definition) is 9. The van der Waals surface area contributed by atoms with Gasteiger partial charge in [-0.3, -0.25) is 0 Å². The Morgan fingerprint density at radius 2 is 2.12 bits per heavy atom. The van der Waals surface area contributed by atoms with E-state index in [-0.39, 0.29) is 18.3 Å². The van der Waals surface area contributed by atoms with Gasteiger partial charge in [-0.1, -0.05) is 15.9 Å². The molecule has 1 atom stereocenters. The third-order valence-electron chi connectivity index (χ3n) is 3.09. The third-order valence-corrected chi connectivity index (χ3v) is 6.51. The number of sulfone groups is 1. The molecule has 0 aliphatic carbocycles. The van der Waals surface area contributed by atoms with Crippen LogP contribution in [0.15, 0.2) is 27.1 Å². The highest BCUT2D eigenvalue weighted by atomic mass is 79.9. The number of aromatic nitrogens is 3. The Bertz CT molecular complexity index is 1100. The van der Waals surface area contributed by atoms with E-state index in [4.69, 9.17) is 4.42 Å². The van der Waals surface area contributed by atoms with Crippen LogP contribution in [0.3, 0.4) is 0 Å². The zero-order valence-electron chi connectivity index (χ0n) is 12.5. The van der Waals surface area contributed by atoms with Gasteiger partial charge in [-0.15, -0.1) is 21.5 Å². The molecule has 3 rings (SSSR count). The number of thiazole rings is 1. The summed E-state index contributed by atoms with van der Waals surface area (Å²) in [7, 11) is -6.47. The quantitative estimate of drug-likeness (QED) is 0.517. The van der Waals surface area contributed by atoms with Crippen LogP contribution in [-0.4, -0.2) is 38.3 Å². The van der Waals surface area contributed by atoms with Gasteiger partial charge >= 0.3 is 0 Å². The van der Waals surface area contributed by atoms with Crippen molar-refractivity contribution in [1.82, 2.24) is 19.9 Å². The summed E-state index contributed by atoms with van der Waals surface area (Å²) in [5.74, 6) is -0.190. The lowest BCUT2D eigenvalue weighted by molar-refractivity contribution is 0.445. The molecule has 25 heavy (non-hydrogen) atoms. The first kappa shape index (κ1) is 18.4. The van der Waals surface area contributed by atoms with Crippen molar-refractivity contribution >= 4 is 58.2 Å². The van der Waals surface area contributed by atoms with E-state index in [1.165, 1.54) is 11.3 Å². The zero-order valence-corrected chi connectivity index (χ0v) is 16.7. The summed E-state index contributed by atoms with van der Waals surface area (Å²) >= 11 is 4.57. The molecule has 3 aromatic rings. The van der Waals surface area contributed by atoms with Crippen molar-refractivity contribution in [3.05, 3.63) is 39.5 Å². The SMILES string of the molecule is CS(=O)(=O)C(c1nnc(CN[SH](=O)=O)o1)c1nc2ccc(Br)cc2s1. The Morgan fingerprint density at radius 3 is 2.80 bits per heavy atom. The highest BCUT2D eigenvalue weighted by molar-refractivity contribution is 9.10. The van der Waals surface area contributed by atoms with Gasteiger partial charge in [-0.05, 0) is 18.2 Å². The van der Waals surface area contributed by atoms with Gasteiger partial charge in [0, 0.05) is 10.7 Å². The second kappa shape index (κ2) is 7.07. The van der Waals surface area contributed by atoms with Crippen molar-refractivity contribution in [1.29, 1.82) is 0 Å². The van der Waals surface area contributed by atoms with E-state index in [9.17, 15) is 16.8 Å². The molecule has 0 fully saturated rings. The molecular weight excluding hydrogens is 456 g/mol. The van der Waals surface area contributed by atoms with Gasteiger partial charge in [0.15, 0.2) is 15.1 Å². The number of thiol groups is 1. The first-order valence-corrected chi connectivity index (χ1v) is 11.4.